The Morgan fingerprint density at radius 2 is 2.23 bits per heavy atom. The molecule has 1 heterocycles. The van der Waals surface area contributed by atoms with Crippen molar-refractivity contribution in [2.24, 2.45) is 5.73 Å². The standard InChI is InChI=1S/C15H17F2N3O2/c1-2-3-12(18)15-20-13(8-22-15)14(21)19-7-9-6-10(16)4-5-11(9)17/h4-6,8,12H,2-3,7,18H2,1H3,(H,19,21). The lowest BCUT2D eigenvalue weighted by Gasteiger charge is -2.05. The number of nitrogens with zero attached hydrogens (tertiary/aromatic N) is 1. The lowest BCUT2D eigenvalue weighted by Crippen LogP contribution is -2.24. The topological polar surface area (TPSA) is 81.1 Å². The van der Waals surface area contributed by atoms with E-state index in [9.17, 15) is 13.6 Å². The molecule has 0 aliphatic rings. The van der Waals surface area contributed by atoms with Crippen molar-refractivity contribution >= 4 is 5.91 Å². The third kappa shape index (κ3) is 3.88. The quantitative estimate of drug-likeness (QED) is 0.859. The van der Waals surface area contributed by atoms with Crippen LogP contribution in [0.4, 0.5) is 8.78 Å². The van der Waals surface area contributed by atoms with Crippen LogP contribution in [0, 0.1) is 11.6 Å². The highest BCUT2D eigenvalue weighted by molar-refractivity contribution is 5.91. The molecule has 2 aromatic rings. The van der Waals surface area contributed by atoms with Crippen LogP contribution in [0.25, 0.3) is 0 Å². The van der Waals surface area contributed by atoms with E-state index in [-0.39, 0.29) is 29.7 Å². The van der Waals surface area contributed by atoms with Gasteiger partial charge in [0.15, 0.2) is 5.69 Å². The lowest BCUT2D eigenvalue weighted by molar-refractivity contribution is 0.0945. The summed E-state index contributed by atoms with van der Waals surface area (Å²) in [7, 11) is 0. The minimum absolute atomic E-state index is 0.0540. The Labute approximate surface area is 126 Å². The summed E-state index contributed by atoms with van der Waals surface area (Å²) in [4.78, 5) is 15.9. The number of aromatic nitrogens is 1. The third-order valence-electron chi connectivity index (χ3n) is 3.12. The molecule has 0 fully saturated rings. The first-order valence-corrected chi connectivity index (χ1v) is 6.94. The molecule has 2 rings (SSSR count). The molecule has 0 bridgehead atoms. The largest absolute Gasteiger partial charge is 0.446 e. The lowest BCUT2D eigenvalue weighted by atomic mass is 10.2. The van der Waals surface area contributed by atoms with Crippen molar-refractivity contribution in [1.82, 2.24) is 10.3 Å². The molecule has 0 saturated carbocycles. The van der Waals surface area contributed by atoms with Crippen LogP contribution in [0.15, 0.2) is 28.9 Å². The molecule has 1 aromatic carbocycles. The second-order valence-corrected chi connectivity index (χ2v) is 4.88. The molecular formula is C15H17F2N3O2. The van der Waals surface area contributed by atoms with Gasteiger partial charge in [0, 0.05) is 12.1 Å². The highest BCUT2D eigenvalue weighted by Gasteiger charge is 2.16. The fourth-order valence-corrected chi connectivity index (χ4v) is 1.94. The number of hydrogen-bond donors (Lipinski definition) is 2. The molecule has 0 radical (unpaired) electrons. The second-order valence-electron chi connectivity index (χ2n) is 4.88. The molecule has 1 atom stereocenters. The predicted octanol–water partition coefficient (Wildman–Crippen LogP) is 2.68. The van der Waals surface area contributed by atoms with Crippen LogP contribution in [0.5, 0.6) is 0 Å². The number of halogens is 2. The Hall–Kier alpha value is -2.28. The molecular weight excluding hydrogens is 292 g/mol. The molecule has 5 nitrogen and oxygen atoms in total. The van der Waals surface area contributed by atoms with E-state index in [0.717, 1.165) is 24.6 Å². The van der Waals surface area contributed by atoms with Gasteiger partial charge in [0.05, 0.1) is 6.04 Å². The summed E-state index contributed by atoms with van der Waals surface area (Å²) in [5.41, 5.74) is 5.95. The Morgan fingerprint density at radius 3 is 2.95 bits per heavy atom. The van der Waals surface area contributed by atoms with Gasteiger partial charge in [0.1, 0.15) is 17.9 Å². The van der Waals surface area contributed by atoms with Crippen LogP contribution in [0.1, 0.15) is 47.7 Å². The van der Waals surface area contributed by atoms with Crippen molar-refractivity contribution in [2.75, 3.05) is 0 Å². The van der Waals surface area contributed by atoms with Gasteiger partial charge in [-0.1, -0.05) is 13.3 Å². The van der Waals surface area contributed by atoms with E-state index in [1.165, 1.54) is 6.26 Å². The molecule has 7 heteroatoms. The summed E-state index contributed by atoms with van der Waals surface area (Å²) in [6.45, 7) is 1.83. The molecule has 118 valence electrons. The maximum atomic E-state index is 13.4. The zero-order valence-corrected chi connectivity index (χ0v) is 12.1. The van der Waals surface area contributed by atoms with E-state index in [1.54, 1.807) is 0 Å². The summed E-state index contributed by atoms with van der Waals surface area (Å²) in [6, 6.07) is 2.68. The van der Waals surface area contributed by atoms with Crippen LogP contribution >= 0.6 is 0 Å². The number of hydrogen-bond acceptors (Lipinski definition) is 4. The van der Waals surface area contributed by atoms with Crippen LogP contribution in [0.2, 0.25) is 0 Å². The van der Waals surface area contributed by atoms with E-state index < -0.39 is 17.5 Å². The monoisotopic (exact) mass is 309 g/mol. The molecule has 1 aromatic heterocycles. The van der Waals surface area contributed by atoms with Gasteiger partial charge in [0.25, 0.3) is 5.91 Å². The van der Waals surface area contributed by atoms with Crippen molar-refractivity contribution in [3.63, 3.8) is 0 Å². The van der Waals surface area contributed by atoms with Gasteiger partial charge in [0.2, 0.25) is 5.89 Å². The van der Waals surface area contributed by atoms with E-state index in [0.29, 0.717) is 6.42 Å². The van der Waals surface area contributed by atoms with Gasteiger partial charge >= 0.3 is 0 Å². The summed E-state index contributed by atoms with van der Waals surface area (Å²) in [5.74, 6) is -1.42. The molecule has 0 spiro atoms. The number of carbonyl (C=O) groups is 1. The molecule has 22 heavy (non-hydrogen) atoms. The second kappa shape index (κ2) is 7.13. The average Bonchev–Trinajstić information content (AvgIpc) is 2.98. The Kier molecular flexibility index (Phi) is 5.21. The van der Waals surface area contributed by atoms with E-state index in [2.05, 4.69) is 10.3 Å². The summed E-state index contributed by atoms with van der Waals surface area (Å²) in [5, 5.41) is 2.46. The smallest absolute Gasteiger partial charge is 0.273 e. The maximum Gasteiger partial charge on any atom is 0.273 e. The molecule has 3 N–H and O–H groups in total. The molecule has 1 unspecified atom stereocenters. The number of nitrogens with one attached hydrogen (secondary N) is 1. The van der Waals surface area contributed by atoms with Crippen LogP contribution in [0.3, 0.4) is 0 Å². The normalized spacial score (nSPS) is 12.2. The number of benzene rings is 1. The van der Waals surface area contributed by atoms with Gasteiger partial charge in [-0.3, -0.25) is 4.79 Å². The summed E-state index contributed by atoms with van der Waals surface area (Å²) in [6.07, 6.45) is 2.75. The van der Waals surface area contributed by atoms with Crippen molar-refractivity contribution in [2.45, 2.75) is 32.4 Å². The molecule has 0 saturated heterocycles. The van der Waals surface area contributed by atoms with Gasteiger partial charge in [-0.2, -0.15) is 0 Å². The molecule has 0 aliphatic carbocycles. The number of nitrogens with two attached hydrogens (primary N) is 1. The average molecular weight is 309 g/mol. The Balaban J connectivity index is 1.99. The Bertz CT molecular complexity index is 658. The number of rotatable bonds is 6. The first-order valence-electron chi connectivity index (χ1n) is 6.94. The molecule has 1 amide bonds. The maximum absolute atomic E-state index is 13.4. The molecule has 0 aliphatic heterocycles. The predicted molar refractivity (Wildman–Crippen MR) is 75.9 cm³/mol. The first-order chi connectivity index (χ1) is 10.5. The van der Waals surface area contributed by atoms with E-state index >= 15 is 0 Å². The van der Waals surface area contributed by atoms with Crippen LogP contribution < -0.4 is 11.1 Å². The van der Waals surface area contributed by atoms with Crippen molar-refractivity contribution in [3.05, 3.63) is 53.2 Å². The summed E-state index contributed by atoms with van der Waals surface area (Å²) >= 11 is 0. The highest BCUT2D eigenvalue weighted by Crippen LogP contribution is 2.15. The van der Waals surface area contributed by atoms with Crippen LogP contribution in [-0.4, -0.2) is 10.9 Å². The summed E-state index contributed by atoms with van der Waals surface area (Å²) < 4.78 is 31.7. The minimum Gasteiger partial charge on any atom is -0.446 e. The van der Waals surface area contributed by atoms with Crippen molar-refractivity contribution < 1.29 is 18.0 Å². The van der Waals surface area contributed by atoms with Crippen molar-refractivity contribution in [1.29, 1.82) is 0 Å². The Morgan fingerprint density at radius 1 is 1.45 bits per heavy atom. The zero-order chi connectivity index (χ0) is 16.1. The first kappa shape index (κ1) is 16.1. The SMILES string of the molecule is CCCC(N)c1nc(C(=O)NCc2cc(F)ccc2F)co1. The zero-order valence-electron chi connectivity index (χ0n) is 12.1. The van der Waals surface area contributed by atoms with Gasteiger partial charge in [-0.15, -0.1) is 0 Å². The van der Waals surface area contributed by atoms with Gasteiger partial charge in [-0.05, 0) is 24.6 Å². The van der Waals surface area contributed by atoms with Crippen molar-refractivity contribution in [3.8, 4) is 0 Å². The highest BCUT2D eigenvalue weighted by atomic mass is 19.1. The fraction of sp³-hybridized carbons (Fsp3) is 0.333. The van der Waals surface area contributed by atoms with Crippen LogP contribution in [-0.2, 0) is 6.54 Å². The van der Waals surface area contributed by atoms with E-state index in [1.807, 2.05) is 6.92 Å². The van der Waals surface area contributed by atoms with E-state index in [4.69, 9.17) is 10.2 Å². The minimum atomic E-state index is -0.590. The third-order valence-corrected chi connectivity index (χ3v) is 3.12. The number of oxazole rings is 1. The van der Waals surface area contributed by atoms with Gasteiger partial charge < -0.3 is 15.5 Å². The number of amides is 1. The number of carbonyl (C=O) groups excluding carboxylic acids is 1. The fourth-order valence-electron chi connectivity index (χ4n) is 1.94. The van der Waals surface area contributed by atoms with Gasteiger partial charge in [-0.25, -0.2) is 13.8 Å².